The van der Waals surface area contributed by atoms with Crippen molar-refractivity contribution in [2.24, 2.45) is 0 Å². The Kier molecular flexibility index (Phi) is 4.45. The third-order valence-electron chi connectivity index (χ3n) is 3.01. The molecule has 0 amide bonds. The van der Waals surface area contributed by atoms with E-state index in [9.17, 15) is 9.59 Å². The van der Waals surface area contributed by atoms with Crippen LogP contribution in [0.4, 0.5) is 0 Å². The van der Waals surface area contributed by atoms with Crippen LogP contribution in [-0.2, 0) is 9.53 Å². The van der Waals surface area contributed by atoms with E-state index in [1.165, 1.54) is 0 Å². The van der Waals surface area contributed by atoms with Gasteiger partial charge in [-0.15, -0.1) is 0 Å². The van der Waals surface area contributed by atoms with Crippen LogP contribution in [0.5, 0.6) is 0 Å². The third kappa shape index (κ3) is 3.41. The second kappa shape index (κ2) is 6.28. The third-order valence-corrected chi connectivity index (χ3v) is 3.01. The van der Waals surface area contributed by atoms with E-state index in [-0.39, 0.29) is 24.6 Å². The van der Waals surface area contributed by atoms with Crippen molar-refractivity contribution in [1.82, 2.24) is 4.98 Å². The maximum Gasteiger partial charge on any atom is 0.306 e. The van der Waals surface area contributed by atoms with Gasteiger partial charge in [-0.3, -0.25) is 14.6 Å². The molecular weight excluding hydrogens is 254 g/mol. The molecule has 1 aromatic carbocycles. The highest BCUT2D eigenvalue weighted by atomic mass is 16.5. The molecule has 0 fully saturated rings. The Balaban J connectivity index is 2.10. The first-order chi connectivity index (χ1) is 9.60. The first kappa shape index (κ1) is 14.2. The van der Waals surface area contributed by atoms with Crippen molar-refractivity contribution in [3.8, 4) is 0 Å². The summed E-state index contributed by atoms with van der Waals surface area (Å²) in [7, 11) is 0. The Morgan fingerprint density at radius 3 is 2.70 bits per heavy atom. The number of benzene rings is 1. The van der Waals surface area contributed by atoms with Gasteiger partial charge in [0.15, 0.2) is 5.78 Å². The number of rotatable bonds is 5. The van der Waals surface area contributed by atoms with Gasteiger partial charge in [0.05, 0.1) is 18.5 Å². The topological polar surface area (TPSA) is 56.3 Å². The lowest BCUT2D eigenvalue weighted by Crippen LogP contribution is -2.08. The number of carbonyl (C=O) groups is 2. The smallest absolute Gasteiger partial charge is 0.306 e. The number of carbonyl (C=O) groups excluding carboxylic acids is 2. The summed E-state index contributed by atoms with van der Waals surface area (Å²) in [6.45, 7) is 4.02. The Morgan fingerprint density at radius 1 is 1.15 bits per heavy atom. The van der Waals surface area contributed by atoms with Gasteiger partial charge < -0.3 is 4.74 Å². The van der Waals surface area contributed by atoms with Crippen LogP contribution in [0.2, 0.25) is 0 Å². The molecule has 0 aliphatic heterocycles. The molecule has 0 aliphatic carbocycles. The van der Waals surface area contributed by atoms with Gasteiger partial charge in [-0.2, -0.15) is 0 Å². The Hall–Kier alpha value is -2.23. The Bertz CT molecular complexity index is 649. The zero-order valence-corrected chi connectivity index (χ0v) is 11.7. The van der Waals surface area contributed by atoms with Crippen LogP contribution in [0, 0.1) is 6.92 Å². The number of esters is 1. The van der Waals surface area contributed by atoms with Crippen molar-refractivity contribution in [3.05, 3.63) is 41.6 Å². The van der Waals surface area contributed by atoms with E-state index < -0.39 is 0 Å². The van der Waals surface area contributed by atoms with Crippen molar-refractivity contribution in [2.75, 3.05) is 6.61 Å². The SMILES string of the molecule is CCOC(=O)CCC(=O)c1ccc2nc(C)ccc2c1. The molecule has 1 aromatic heterocycles. The number of hydrogen-bond donors (Lipinski definition) is 0. The zero-order chi connectivity index (χ0) is 14.5. The highest BCUT2D eigenvalue weighted by Gasteiger charge is 2.10. The summed E-state index contributed by atoms with van der Waals surface area (Å²) in [4.78, 5) is 27.7. The summed E-state index contributed by atoms with van der Waals surface area (Å²) in [6, 6.07) is 9.26. The van der Waals surface area contributed by atoms with Gasteiger partial charge in [0.1, 0.15) is 0 Å². The van der Waals surface area contributed by atoms with Crippen LogP contribution in [0.25, 0.3) is 10.9 Å². The average molecular weight is 271 g/mol. The summed E-state index contributed by atoms with van der Waals surface area (Å²) in [5, 5.41) is 0.928. The van der Waals surface area contributed by atoms with Gasteiger partial charge >= 0.3 is 5.97 Å². The van der Waals surface area contributed by atoms with Gasteiger partial charge in [-0.25, -0.2) is 0 Å². The van der Waals surface area contributed by atoms with Crippen molar-refractivity contribution >= 4 is 22.7 Å². The van der Waals surface area contributed by atoms with E-state index in [0.717, 1.165) is 16.6 Å². The minimum Gasteiger partial charge on any atom is -0.466 e. The van der Waals surface area contributed by atoms with Gasteiger partial charge in [0, 0.05) is 23.1 Å². The standard InChI is InChI=1S/C16H17NO3/c1-3-20-16(19)9-8-15(18)13-6-7-14-12(10-13)5-4-11(2)17-14/h4-7,10H,3,8-9H2,1-2H3. The maximum absolute atomic E-state index is 12.0. The van der Waals surface area contributed by atoms with Gasteiger partial charge in [0.25, 0.3) is 0 Å². The molecule has 0 atom stereocenters. The minimum absolute atomic E-state index is 0.0551. The Morgan fingerprint density at radius 2 is 1.95 bits per heavy atom. The molecular formula is C16H17NO3. The van der Waals surface area contributed by atoms with Crippen molar-refractivity contribution < 1.29 is 14.3 Å². The van der Waals surface area contributed by atoms with Gasteiger partial charge in [-0.1, -0.05) is 6.07 Å². The molecule has 1 heterocycles. The highest BCUT2D eigenvalue weighted by molar-refractivity contribution is 6.00. The first-order valence-electron chi connectivity index (χ1n) is 6.66. The van der Waals surface area contributed by atoms with Crippen molar-refractivity contribution in [1.29, 1.82) is 0 Å². The van der Waals surface area contributed by atoms with Crippen LogP contribution in [0.3, 0.4) is 0 Å². The average Bonchev–Trinajstić information content (AvgIpc) is 2.44. The summed E-state index contributed by atoms with van der Waals surface area (Å²) in [5.41, 5.74) is 2.42. The quantitative estimate of drug-likeness (QED) is 0.619. The van der Waals surface area contributed by atoms with Crippen LogP contribution in [0.1, 0.15) is 35.8 Å². The molecule has 20 heavy (non-hydrogen) atoms. The maximum atomic E-state index is 12.0. The van der Waals surface area contributed by atoms with Crippen molar-refractivity contribution in [2.45, 2.75) is 26.7 Å². The lowest BCUT2D eigenvalue weighted by atomic mass is 10.0. The number of ether oxygens (including phenoxy) is 1. The summed E-state index contributed by atoms with van der Waals surface area (Å²) in [6.07, 6.45) is 0.292. The van der Waals surface area contributed by atoms with Crippen LogP contribution in [-0.4, -0.2) is 23.3 Å². The molecule has 0 unspecified atom stereocenters. The molecule has 2 rings (SSSR count). The number of pyridine rings is 1. The fraction of sp³-hybridized carbons (Fsp3) is 0.312. The van der Waals surface area contributed by atoms with Crippen molar-refractivity contribution in [3.63, 3.8) is 0 Å². The molecule has 104 valence electrons. The lowest BCUT2D eigenvalue weighted by molar-refractivity contribution is -0.143. The number of aromatic nitrogens is 1. The zero-order valence-electron chi connectivity index (χ0n) is 11.7. The molecule has 0 spiro atoms. The molecule has 4 nitrogen and oxygen atoms in total. The highest BCUT2D eigenvalue weighted by Crippen LogP contribution is 2.16. The van der Waals surface area contributed by atoms with E-state index in [0.29, 0.717) is 12.2 Å². The number of nitrogens with zero attached hydrogens (tertiary/aromatic N) is 1. The molecule has 2 aromatic rings. The molecule has 0 bridgehead atoms. The number of hydrogen-bond acceptors (Lipinski definition) is 4. The molecule has 0 aliphatic rings. The summed E-state index contributed by atoms with van der Waals surface area (Å²) < 4.78 is 4.81. The summed E-state index contributed by atoms with van der Waals surface area (Å²) >= 11 is 0. The largest absolute Gasteiger partial charge is 0.466 e. The second-order valence-corrected chi connectivity index (χ2v) is 4.59. The number of Topliss-reactive ketones (excluding diaryl/α,β-unsaturated/α-hetero) is 1. The molecule has 0 saturated carbocycles. The second-order valence-electron chi connectivity index (χ2n) is 4.59. The molecule has 4 heteroatoms. The minimum atomic E-state index is -0.334. The van der Waals surface area contributed by atoms with Crippen LogP contribution < -0.4 is 0 Å². The van der Waals surface area contributed by atoms with E-state index >= 15 is 0 Å². The number of fused-ring (bicyclic) bond motifs is 1. The van der Waals surface area contributed by atoms with E-state index in [2.05, 4.69) is 4.98 Å². The Labute approximate surface area is 117 Å². The molecule has 0 saturated heterocycles. The predicted octanol–water partition coefficient (Wildman–Crippen LogP) is 3.07. The monoisotopic (exact) mass is 271 g/mol. The molecule has 0 radical (unpaired) electrons. The van der Waals surface area contributed by atoms with Gasteiger partial charge in [-0.05, 0) is 38.1 Å². The van der Waals surface area contributed by atoms with E-state index in [1.54, 1.807) is 13.0 Å². The van der Waals surface area contributed by atoms with E-state index in [1.807, 2.05) is 31.2 Å². The normalized spacial score (nSPS) is 10.5. The fourth-order valence-electron chi connectivity index (χ4n) is 1.99. The fourth-order valence-corrected chi connectivity index (χ4v) is 1.99. The van der Waals surface area contributed by atoms with Gasteiger partial charge in [0.2, 0.25) is 0 Å². The first-order valence-corrected chi connectivity index (χ1v) is 6.66. The van der Waals surface area contributed by atoms with E-state index in [4.69, 9.17) is 4.74 Å². The number of ketones is 1. The van der Waals surface area contributed by atoms with Crippen LogP contribution in [0.15, 0.2) is 30.3 Å². The molecule has 0 N–H and O–H groups in total. The predicted molar refractivity (Wildman–Crippen MR) is 76.7 cm³/mol. The van der Waals surface area contributed by atoms with Crippen LogP contribution >= 0.6 is 0 Å². The number of aryl methyl sites for hydroxylation is 1. The lowest BCUT2D eigenvalue weighted by Gasteiger charge is -2.04. The summed E-state index contributed by atoms with van der Waals surface area (Å²) in [5.74, 6) is -0.389.